The number of rotatable bonds is 6. The lowest BCUT2D eigenvalue weighted by molar-refractivity contribution is -0.120. The molecule has 0 aliphatic carbocycles. The summed E-state index contributed by atoms with van der Waals surface area (Å²) in [4.78, 5) is 12.4. The van der Waals surface area contributed by atoms with Gasteiger partial charge in [-0.3, -0.25) is 4.79 Å². The molecule has 0 spiro atoms. The highest BCUT2D eigenvalue weighted by Crippen LogP contribution is 2.20. The highest BCUT2D eigenvalue weighted by Gasteiger charge is 2.00. The summed E-state index contributed by atoms with van der Waals surface area (Å²) < 4.78 is 0. The lowest BCUT2D eigenvalue weighted by atomic mass is 10.4. The summed E-state index contributed by atoms with van der Waals surface area (Å²) in [6.07, 6.45) is 1.55. The van der Waals surface area contributed by atoms with Gasteiger partial charge in [-0.05, 0) is 30.7 Å². The normalized spacial score (nSPS) is 10.1. The van der Waals surface area contributed by atoms with Gasteiger partial charge in [-0.15, -0.1) is 11.8 Å². The van der Waals surface area contributed by atoms with Crippen LogP contribution in [0.15, 0.2) is 29.2 Å². The fourth-order valence-electron chi connectivity index (χ4n) is 1.15. The van der Waals surface area contributed by atoms with Gasteiger partial charge < -0.3 is 5.32 Å². The van der Waals surface area contributed by atoms with Crippen molar-refractivity contribution in [3.05, 3.63) is 29.3 Å². The van der Waals surface area contributed by atoms with Crippen LogP contribution in [0, 0.1) is 0 Å². The molecule has 88 valence electrons. The minimum absolute atomic E-state index is 0.128. The Hall–Kier alpha value is -0.670. The Balaban J connectivity index is 2.20. The van der Waals surface area contributed by atoms with Crippen molar-refractivity contribution in [2.75, 3.05) is 12.3 Å². The second-order valence-electron chi connectivity index (χ2n) is 3.40. The number of hydrogen-bond donors (Lipinski definition) is 1. The van der Waals surface area contributed by atoms with Crippen molar-refractivity contribution in [2.45, 2.75) is 24.7 Å². The van der Waals surface area contributed by atoms with Gasteiger partial charge in [-0.2, -0.15) is 0 Å². The first-order chi connectivity index (χ1) is 7.72. The number of amides is 1. The van der Waals surface area contributed by atoms with E-state index in [1.165, 1.54) is 0 Å². The van der Waals surface area contributed by atoms with Gasteiger partial charge >= 0.3 is 0 Å². The van der Waals surface area contributed by atoms with E-state index < -0.39 is 0 Å². The molecule has 0 radical (unpaired) electrons. The fourth-order valence-corrected chi connectivity index (χ4v) is 2.12. The highest BCUT2D eigenvalue weighted by molar-refractivity contribution is 7.99. The van der Waals surface area contributed by atoms with E-state index in [1.54, 1.807) is 11.8 Å². The number of nitrogens with one attached hydrogen (secondary N) is 1. The summed E-state index contributed by atoms with van der Waals surface area (Å²) in [6, 6.07) is 7.66. The standard InChI is InChI=1S/C12H16ClNOS/c1-2-8-14-12(15)7-9-16-11-5-3-10(13)4-6-11/h3-6H,2,7-9H2,1H3,(H,14,15). The van der Waals surface area contributed by atoms with E-state index in [-0.39, 0.29) is 5.91 Å². The maximum atomic E-state index is 11.3. The van der Waals surface area contributed by atoms with Crippen LogP contribution in [0.2, 0.25) is 5.02 Å². The van der Waals surface area contributed by atoms with Gasteiger partial charge in [-0.25, -0.2) is 0 Å². The molecule has 0 atom stereocenters. The Bertz CT molecular complexity index is 326. The average molecular weight is 258 g/mol. The van der Waals surface area contributed by atoms with Crippen LogP contribution in [-0.2, 0) is 4.79 Å². The van der Waals surface area contributed by atoms with Gasteiger partial charge in [-0.1, -0.05) is 18.5 Å². The summed E-state index contributed by atoms with van der Waals surface area (Å²) in [5.74, 6) is 0.931. The quantitative estimate of drug-likeness (QED) is 0.792. The largest absolute Gasteiger partial charge is 0.356 e. The molecule has 2 nitrogen and oxygen atoms in total. The van der Waals surface area contributed by atoms with Crippen molar-refractivity contribution in [2.24, 2.45) is 0 Å². The molecular weight excluding hydrogens is 242 g/mol. The zero-order valence-electron chi connectivity index (χ0n) is 9.33. The van der Waals surface area contributed by atoms with Crippen LogP contribution in [0.3, 0.4) is 0 Å². The topological polar surface area (TPSA) is 29.1 Å². The first kappa shape index (κ1) is 13.4. The summed E-state index contributed by atoms with van der Waals surface area (Å²) in [6.45, 7) is 2.81. The molecule has 0 aliphatic rings. The first-order valence-electron chi connectivity index (χ1n) is 5.37. The van der Waals surface area contributed by atoms with Gasteiger partial charge in [0.25, 0.3) is 0 Å². The predicted octanol–water partition coefficient (Wildman–Crippen LogP) is 3.35. The number of halogens is 1. The average Bonchev–Trinajstić information content (AvgIpc) is 2.29. The second-order valence-corrected chi connectivity index (χ2v) is 5.01. The number of hydrogen-bond acceptors (Lipinski definition) is 2. The van der Waals surface area contributed by atoms with Gasteiger partial charge in [0, 0.05) is 28.6 Å². The van der Waals surface area contributed by atoms with E-state index in [1.807, 2.05) is 31.2 Å². The minimum Gasteiger partial charge on any atom is -0.356 e. The molecule has 0 saturated carbocycles. The lowest BCUT2D eigenvalue weighted by Crippen LogP contribution is -2.24. The van der Waals surface area contributed by atoms with E-state index in [2.05, 4.69) is 5.32 Å². The smallest absolute Gasteiger partial charge is 0.220 e. The predicted molar refractivity (Wildman–Crippen MR) is 70.1 cm³/mol. The molecule has 0 aliphatic heterocycles. The molecule has 0 heterocycles. The molecule has 0 saturated heterocycles. The molecule has 16 heavy (non-hydrogen) atoms. The third-order valence-electron chi connectivity index (χ3n) is 1.98. The maximum absolute atomic E-state index is 11.3. The molecule has 0 bridgehead atoms. The van der Waals surface area contributed by atoms with Crippen molar-refractivity contribution < 1.29 is 4.79 Å². The second kappa shape index (κ2) is 7.58. The van der Waals surface area contributed by atoms with Crippen molar-refractivity contribution in [3.8, 4) is 0 Å². The minimum atomic E-state index is 0.128. The molecular formula is C12H16ClNOS. The van der Waals surface area contributed by atoms with Crippen LogP contribution >= 0.6 is 23.4 Å². The number of carbonyl (C=O) groups excluding carboxylic acids is 1. The van der Waals surface area contributed by atoms with Gasteiger partial charge in [0.15, 0.2) is 0 Å². The Morgan fingerprint density at radius 3 is 2.69 bits per heavy atom. The van der Waals surface area contributed by atoms with E-state index in [9.17, 15) is 4.79 Å². The molecule has 4 heteroatoms. The van der Waals surface area contributed by atoms with Crippen LogP contribution in [0.1, 0.15) is 19.8 Å². The molecule has 1 aromatic rings. The van der Waals surface area contributed by atoms with E-state index in [0.29, 0.717) is 6.42 Å². The zero-order chi connectivity index (χ0) is 11.8. The zero-order valence-corrected chi connectivity index (χ0v) is 10.9. The molecule has 0 aromatic heterocycles. The summed E-state index contributed by atoms with van der Waals surface area (Å²) in [5.41, 5.74) is 0. The van der Waals surface area contributed by atoms with Crippen molar-refractivity contribution in [1.82, 2.24) is 5.32 Å². The highest BCUT2D eigenvalue weighted by atomic mass is 35.5. The lowest BCUT2D eigenvalue weighted by Gasteiger charge is -2.03. The summed E-state index contributed by atoms with van der Waals surface area (Å²) in [5, 5.41) is 3.60. The fraction of sp³-hybridized carbons (Fsp3) is 0.417. The van der Waals surface area contributed by atoms with Crippen molar-refractivity contribution in [1.29, 1.82) is 0 Å². The monoisotopic (exact) mass is 257 g/mol. The third kappa shape index (κ3) is 5.42. The van der Waals surface area contributed by atoms with Gasteiger partial charge in [0.1, 0.15) is 0 Å². The summed E-state index contributed by atoms with van der Waals surface area (Å²) >= 11 is 7.45. The molecule has 1 amide bonds. The molecule has 1 rings (SSSR count). The van der Waals surface area contributed by atoms with E-state index in [0.717, 1.165) is 28.6 Å². The Morgan fingerprint density at radius 2 is 2.06 bits per heavy atom. The summed E-state index contributed by atoms with van der Waals surface area (Å²) in [7, 11) is 0. The van der Waals surface area contributed by atoms with Crippen molar-refractivity contribution >= 4 is 29.3 Å². The number of thioether (sulfide) groups is 1. The molecule has 0 fully saturated rings. The first-order valence-corrected chi connectivity index (χ1v) is 6.74. The number of carbonyl (C=O) groups is 1. The van der Waals surface area contributed by atoms with Crippen LogP contribution < -0.4 is 5.32 Å². The van der Waals surface area contributed by atoms with Crippen LogP contribution in [0.5, 0.6) is 0 Å². The molecule has 1 N–H and O–H groups in total. The third-order valence-corrected chi connectivity index (χ3v) is 3.25. The SMILES string of the molecule is CCCNC(=O)CCSc1ccc(Cl)cc1. The Labute approximate surface area is 106 Å². The number of benzene rings is 1. The van der Waals surface area contributed by atoms with E-state index in [4.69, 9.17) is 11.6 Å². The van der Waals surface area contributed by atoms with E-state index >= 15 is 0 Å². The van der Waals surface area contributed by atoms with Crippen LogP contribution in [0.25, 0.3) is 0 Å². The van der Waals surface area contributed by atoms with Crippen LogP contribution in [-0.4, -0.2) is 18.2 Å². The molecule has 1 aromatic carbocycles. The van der Waals surface area contributed by atoms with Crippen LogP contribution in [0.4, 0.5) is 0 Å². The Morgan fingerprint density at radius 1 is 1.38 bits per heavy atom. The van der Waals surface area contributed by atoms with Gasteiger partial charge in [0.05, 0.1) is 0 Å². The molecule has 0 unspecified atom stereocenters. The van der Waals surface area contributed by atoms with Crippen molar-refractivity contribution in [3.63, 3.8) is 0 Å². The Kier molecular flexibility index (Phi) is 6.34. The maximum Gasteiger partial charge on any atom is 0.220 e. The van der Waals surface area contributed by atoms with Gasteiger partial charge in [0.2, 0.25) is 5.91 Å².